The highest BCUT2D eigenvalue weighted by Gasteiger charge is 2.19. The summed E-state index contributed by atoms with van der Waals surface area (Å²) in [4.78, 5) is 10.9. The van der Waals surface area contributed by atoms with Crippen LogP contribution in [0.1, 0.15) is 11.4 Å². The van der Waals surface area contributed by atoms with E-state index < -0.39 is 5.97 Å². The van der Waals surface area contributed by atoms with Crippen LogP contribution in [0.25, 0.3) is 11.1 Å². The van der Waals surface area contributed by atoms with Gasteiger partial charge in [-0.05, 0) is 24.6 Å². The van der Waals surface area contributed by atoms with Crippen molar-refractivity contribution in [1.29, 1.82) is 0 Å². The molecule has 3 rings (SSSR count). The first-order valence-electron chi connectivity index (χ1n) is 5.81. The standard InChI is InChI=1S/C13H12N2O4/c1-7-13(9(15-14-7)5-12(16)17)8-2-3-10-11(4-8)19-6-18-10/h2-4H,5-6H2,1H3,(H,14,15)(H,16,17). The number of aliphatic carboxylic acids is 1. The third-order valence-electron chi connectivity index (χ3n) is 3.00. The Morgan fingerprint density at radius 2 is 2.21 bits per heavy atom. The van der Waals surface area contributed by atoms with Crippen molar-refractivity contribution in [1.82, 2.24) is 10.2 Å². The van der Waals surface area contributed by atoms with Crippen LogP contribution in [0.5, 0.6) is 11.5 Å². The zero-order valence-corrected chi connectivity index (χ0v) is 10.3. The zero-order chi connectivity index (χ0) is 13.4. The van der Waals surface area contributed by atoms with Crippen molar-refractivity contribution in [2.24, 2.45) is 0 Å². The van der Waals surface area contributed by atoms with Gasteiger partial charge in [0, 0.05) is 11.3 Å². The molecule has 0 spiro atoms. The summed E-state index contributed by atoms with van der Waals surface area (Å²) in [5.41, 5.74) is 3.02. The van der Waals surface area contributed by atoms with E-state index in [1.54, 1.807) is 0 Å². The van der Waals surface area contributed by atoms with Crippen LogP contribution in [0.15, 0.2) is 18.2 Å². The Labute approximate surface area is 109 Å². The molecule has 6 nitrogen and oxygen atoms in total. The highest BCUT2D eigenvalue weighted by molar-refractivity contribution is 5.77. The van der Waals surface area contributed by atoms with E-state index in [2.05, 4.69) is 10.2 Å². The minimum atomic E-state index is -0.909. The summed E-state index contributed by atoms with van der Waals surface area (Å²) < 4.78 is 10.6. The molecule has 1 aliphatic rings. The number of ether oxygens (including phenoxy) is 2. The van der Waals surface area contributed by atoms with Gasteiger partial charge in [-0.3, -0.25) is 9.89 Å². The van der Waals surface area contributed by atoms with E-state index in [-0.39, 0.29) is 13.2 Å². The summed E-state index contributed by atoms with van der Waals surface area (Å²) in [6.45, 7) is 2.07. The Morgan fingerprint density at radius 3 is 3.00 bits per heavy atom. The molecule has 0 unspecified atom stereocenters. The fraction of sp³-hybridized carbons (Fsp3) is 0.231. The lowest BCUT2D eigenvalue weighted by Crippen LogP contribution is -2.01. The predicted octanol–water partition coefficient (Wildman–Crippen LogP) is 1.74. The van der Waals surface area contributed by atoms with Crippen molar-refractivity contribution in [3.8, 4) is 22.6 Å². The maximum Gasteiger partial charge on any atom is 0.309 e. The molecule has 0 saturated heterocycles. The molecular weight excluding hydrogens is 248 g/mol. The molecule has 1 aromatic heterocycles. The van der Waals surface area contributed by atoms with Crippen LogP contribution < -0.4 is 9.47 Å². The first-order chi connectivity index (χ1) is 9.15. The number of carbonyl (C=O) groups is 1. The molecule has 1 aromatic carbocycles. The van der Waals surface area contributed by atoms with Crippen molar-refractivity contribution in [3.63, 3.8) is 0 Å². The molecule has 2 N–H and O–H groups in total. The van der Waals surface area contributed by atoms with Crippen LogP contribution >= 0.6 is 0 Å². The van der Waals surface area contributed by atoms with E-state index >= 15 is 0 Å². The number of hydrogen-bond donors (Lipinski definition) is 2. The molecule has 0 atom stereocenters. The fourth-order valence-electron chi connectivity index (χ4n) is 2.19. The number of hydrogen-bond acceptors (Lipinski definition) is 4. The number of fused-ring (bicyclic) bond motifs is 1. The van der Waals surface area contributed by atoms with E-state index in [0.717, 1.165) is 16.8 Å². The molecule has 1 aliphatic heterocycles. The van der Waals surface area contributed by atoms with Gasteiger partial charge in [0.1, 0.15) is 0 Å². The minimum Gasteiger partial charge on any atom is -0.481 e. The average molecular weight is 260 g/mol. The maximum absolute atomic E-state index is 10.9. The number of aromatic nitrogens is 2. The van der Waals surface area contributed by atoms with Gasteiger partial charge in [0.2, 0.25) is 6.79 Å². The monoisotopic (exact) mass is 260 g/mol. The van der Waals surface area contributed by atoms with Gasteiger partial charge in [-0.15, -0.1) is 0 Å². The van der Waals surface area contributed by atoms with Gasteiger partial charge in [-0.25, -0.2) is 0 Å². The number of nitrogens with one attached hydrogen (secondary N) is 1. The molecule has 0 fully saturated rings. The molecule has 0 bridgehead atoms. The van der Waals surface area contributed by atoms with Crippen LogP contribution in [0.2, 0.25) is 0 Å². The highest BCUT2D eigenvalue weighted by Crippen LogP contribution is 2.37. The topological polar surface area (TPSA) is 84.4 Å². The Hall–Kier alpha value is -2.50. The number of carboxylic acid groups (broad SMARTS) is 1. The molecule has 98 valence electrons. The molecular formula is C13H12N2O4. The molecule has 2 aromatic rings. The third-order valence-corrected chi connectivity index (χ3v) is 3.00. The Balaban J connectivity index is 2.06. The summed E-state index contributed by atoms with van der Waals surface area (Å²) in [6, 6.07) is 5.52. The smallest absolute Gasteiger partial charge is 0.309 e. The average Bonchev–Trinajstić information content (AvgIpc) is 2.94. The Bertz CT molecular complexity index is 648. The second-order valence-corrected chi connectivity index (χ2v) is 4.31. The highest BCUT2D eigenvalue weighted by atomic mass is 16.7. The van der Waals surface area contributed by atoms with Crippen LogP contribution in [0, 0.1) is 6.92 Å². The second-order valence-electron chi connectivity index (χ2n) is 4.31. The van der Waals surface area contributed by atoms with E-state index in [0.29, 0.717) is 17.2 Å². The van der Waals surface area contributed by atoms with E-state index in [1.807, 2.05) is 25.1 Å². The van der Waals surface area contributed by atoms with Gasteiger partial charge in [0.25, 0.3) is 0 Å². The van der Waals surface area contributed by atoms with Crippen molar-refractivity contribution in [2.45, 2.75) is 13.3 Å². The Morgan fingerprint density at radius 1 is 1.42 bits per heavy atom. The summed E-state index contributed by atoms with van der Waals surface area (Å²) >= 11 is 0. The molecule has 6 heteroatoms. The number of H-pyrrole nitrogens is 1. The lowest BCUT2D eigenvalue weighted by molar-refractivity contribution is -0.136. The molecule has 2 heterocycles. The third kappa shape index (κ3) is 2.01. The summed E-state index contributed by atoms with van der Waals surface area (Å²) in [6.07, 6.45) is -0.117. The van der Waals surface area contributed by atoms with Gasteiger partial charge in [0.05, 0.1) is 12.1 Å². The first-order valence-corrected chi connectivity index (χ1v) is 5.81. The van der Waals surface area contributed by atoms with Crippen LogP contribution in [0.3, 0.4) is 0 Å². The second kappa shape index (κ2) is 4.31. The van der Waals surface area contributed by atoms with Crippen LogP contribution in [-0.2, 0) is 11.2 Å². The van der Waals surface area contributed by atoms with Crippen molar-refractivity contribution in [2.75, 3.05) is 6.79 Å². The fourth-order valence-corrected chi connectivity index (χ4v) is 2.19. The molecule has 0 saturated carbocycles. The molecule has 0 radical (unpaired) electrons. The van der Waals surface area contributed by atoms with Crippen LogP contribution in [-0.4, -0.2) is 28.1 Å². The lowest BCUT2D eigenvalue weighted by Gasteiger charge is -2.04. The van der Waals surface area contributed by atoms with Crippen LogP contribution in [0.4, 0.5) is 0 Å². The summed E-state index contributed by atoms with van der Waals surface area (Å²) in [7, 11) is 0. The normalized spacial score (nSPS) is 12.7. The van der Waals surface area contributed by atoms with Crippen molar-refractivity contribution in [3.05, 3.63) is 29.6 Å². The first kappa shape index (κ1) is 11.6. The largest absolute Gasteiger partial charge is 0.481 e. The summed E-state index contributed by atoms with van der Waals surface area (Å²) in [5.74, 6) is 0.456. The SMILES string of the molecule is Cc1[nH]nc(CC(=O)O)c1-c1ccc2c(c1)OCO2. The van der Waals surface area contributed by atoms with Gasteiger partial charge in [-0.2, -0.15) is 5.10 Å². The number of carboxylic acids is 1. The number of aryl methyl sites for hydroxylation is 1. The number of aromatic amines is 1. The number of rotatable bonds is 3. The molecule has 19 heavy (non-hydrogen) atoms. The number of nitrogens with zero attached hydrogens (tertiary/aromatic N) is 1. The summed E-state index contributed by atoms with van der Waals surface area (Å²) in [5, 5.41) is 15.8. The maximum atomic E-state index is 10.9. The van der Waals surface area contributed by atoms with E-state index in [9.17, 15) is 4.79 Å². The zero-order valence-electron chi connectivity index (χ0n) is 10.3. The quantitative estimate of drug-likeness (QED) is 0.878. The van der Waals surface area contributed by atoms with Gasteiger partial charge in [0.15, 0.2) is 11.5 Å². The van der Waals surface area contributed by atoms with Gasteiger partial charge >= 0.3 is 5.97 Å². The number of benzene rings is 1. The van der Waals surface area contributed by atoms with Crippen molar-refractivity contribution >= 4 is 5.97 Å². The predicted molar refractivity (Wildman–Crippen MR) is 66.2 cm³/mol. The van der Waals surface area contributed by atoms with Gasteiger partial charge in [-0.1, -0.05) is 6.07 Å². The van der Waals surface area contributed by atoms with E-state index in [4.69, 9.17) is 14.6 Å². The minimum absolute atomic E-state index is 0.117. The Kier molecular flexibility index (Phi) is 2.63. The van der Waals surface area contributed by atoms with Gasteiger partial charge < -0.3 is 14.6 Å². The molecule has 0 amide bonds. The lowest BCUT2D eigenvalue weighted by atomic mass is 10.0. The van der Waals surface area contributed by atoms with Crippen molar-refractivity contribution < 1.29 is 19.4 Å². The van der Waals surface area contributed by atoms with E-state index in [1.165, 1.54) is 0 Å². The molecule has 0 aliphatic carbocycles.